The first-order valence-corrected chi connectivity index (χ1v) is 8.95. The number of rotatable bonds is 2. The average Bonchev–Trinajstić information content (AvgIpc) is 2.93. The van der Waals surface area contributed by atoms with Gasteiger partial charge >= 0.3 is 6.09 Å². The number of likely N-dealkylation sites (tertiary alicyclic amines) is 1. The first kappa shape index (κ1) is 17.9. The Morgan fingerprint density at radius 3 is 2.52 bits per heavy atom. The van der Waals surface area contributed by atoms with Crippen molar-refractivity contribution in [3.8, 4) is 5.75 Å². The molecule has 1 aromatic rings. The minimum atomic E-state index is -0.500. The van der Waals surface area contributed by atoms with E-state index < -0.39 is 5.60 Å². The molecule has 1 fully saturated rings. The summed E-state index contributed by atoms with van der Waals surface area (Å²) in [6.45, 7) is 8.72. The number of hydrogen-bond acceptors (Lipinski definition) is 5. The van der Waals surface area contributed by atoms with Gasteiger partial charge in [-0.3, -0.25) is 4.90 Å². The molecule has 0 aromatic heterocycles. The smallest absolute Gasteiger partial charge is 0.410 e. The summed E-state index contributed by atoms with van der Waals surface area (Å²) in [7, 11) is 2.13. The van der Waals surface area contributed by atoms with Gasteiger partial charge in [0.05, 0.1) is 6.54 Å². The predicted octanol–water partition coefficient (Wildman–Crippen LogP) is 2.99. The van der Waals surface area contributed by atoms with Crippen molar-refractivity contribution in [2.24, 2.45) is 0 Å². The van der Waals surface area contributed by atoms with Crippen LogP contribution in [0.2, 0.25) is 0 Å². The number of nitrogens with zero attached hydrogens (tertiary/aromatic N) is 2. The van der Waals surface area contributed by atoms with Crippen molar-refractivity contribution in [2.45, 2.75) is 58.4 Å². The van der Waals surface area contributed by atoms with E-state index >= 15 is 0 Å². The maximum atomic E-state index is 12.3. The highest BCUT2D eigenvalue weighted by Gasteiger charge is 2.30. The third-order valence-corrected chi connectivity index (χ3v) is 4.68. The summed E-state index contributed by atoms with van der Waals surface area (Å²) in [5.41, 5.74) is 8.46. The van der Waals surface area contributed by atoms with E-state index in [1.165, 1.54) is 0 Å². The minimum Gasteiger partial charge on any atom is -0.490 e. The molecule has 0 radical (unpaired) electrons. The third kappa shape index (κ3) is 4.37. The van der Waals surface area contributed by atoms with Gasteiger partial charge in [-0.05, 0) is 57.9 Å². The Balaban J connectivity index is 1.67. The molecule has 2 aliphatic heterocycles. The molecule has 6 heteroatoms. The number of ether oxygens (including phenoxy) is 2. The molecule has 1 saturated heterocycles. The Kier molecular flexibility index (Phi) is 4.82. The van der Waals surface area contributed by atoms with Crippen molar-refractivity contribution >= 4 is 11.8 Å². The van der Waals surface area contributed by atoms with Crippen LogP contribution in [0.25, 0.3) is 0 Å². The van der Waals surface area contributed by atoms with E-state index in [1.54, 1.807) is 4.90 Å². The predicted molar refractivity (Wildman–Crippen MR) is 97.5 cm³/mol. The fourth-order valence-corrected chi connectivity index (χ4v) is 3.33. The van der Waals surface area contributed by atoms with Gasteiger partial charge in [-0.15, -0.1) is 0 Å². The summed E-state index contributed by atoms with van der Waals surface area (Å²) < 4.78 is 11.6. The number of carbonyl (C=O) groups excluding carboxylic acids is 1. The van der Waals surface area contributed by atoms with Crippen LogP contribution in [0.4, 0.5) is 10.5 Å². The molecule has 0 atom stereocenters. The standard InChI is InChI=1S/C19H29N3O3/c1-19(2,3)25-18(23)22-11-13-9-15(10-17(20)16(13)12-22)24-14-5-7-21(4)8-6-14/h9-10,14H,5-8,11-12,20H2,1-4H3. The number of amides is 1. The number of anilines is 1. The van der Waals surface area contributed by atoms with Gasteiger partial charge in [0, 0.05) is 31.4 Å². The Morgan fingerprint density at radius 2 is 1.88 bits per heavy atom. The molecular formula is C19H29N3O3. The van der Waals surface area contributed by atoms with Crippen LogP contribution in [-0.2, 0) is 17.8 Å². The van der Waals surface area contributed by atoms with Crippen molar-refractivity contribution in [3.63, 3.8) is 0 Å². The van der Waals surface area contributed by atoms with Gasteiger partial charge in [0.15, 0.2) is 0 Å². The van der Waals surface area contributed by atoms with Gasteiger partial charge in [0.2, 0.25) is 0 Å². The lowest BCUT2D eigenvalue weighted by atomic mass is 10.1. The summed E-state index contributed by atoms with van der Waals surface area (Å²) in [6, 6.07) is 3.91. The summed E-state index contributed by atoms with van der Waals surface area (Å²) >= 11 is 0. The van der Waals surface area contributed by atoms with E-state index in [2.05, 4.69) is 11.9 Å². The van der Waals surface area contributed by atoms with Crippen LogP contribution in [0.15, 0.2) is 12.1 Å². The molecule has 2 aliphatic rings. The van der Waals surface area contributed by atoms with Crippen LogP contribution >= 0.6 is 0 Å². The summed E-state index contributed by atoms with van der Waals surface area (Å²) in [4.78, 5) is 16.3. The fourth-order valence-electron chi connectivity index (χ4n) is 3.33. The van der Waals surface area contributed by atoms with E-state index in [9.17, 15) is 4.79 Å². The lowest BCUT2D eigenvalue weighted by Gasteiger charge is -2.29. The molecule has 2 heterocycles. The number of piperidine rings is 1. The Labute approximate surface area is 149 Å². The van der Waals surface area contributed by atoms with Crippen LogP contribution in [0.5, 0.6) is 5.75 Å². The number of nitrogens with two attached hydrogens (primary N) is 1. The van der Waals surface area contributed by atoms with Crippen molar-refractivity contribution in [1.29, 1.82) is 0 Å². The molecule has 1 aromatic carbocycles. The van der Waals surface area contributed by atoms with Gasteiger partial charge in [-0.1, -0.05) is 0 Å². The van der Waals surface area contributed by atoms with Gasteiger partial charge in [0.1, 0.15) is 17.5 Å². The van der Waals surface area contributed by atoms with Crippen molar-refractivity contribution in [3.05, 3.63) is 23.3 Å². The van der Waals surface area contributed by atoms with E-state index in [0.29, 0.717) is 18.8 Å². The zero-order chi connectivity index (χ0) is 18.2. The molecular weight excluding hydrogens is 318 g/mol. The SMILES string of the molecule is CN1CCC(Oc2cc(N)c3c(c2)CN(C(=O)OC(C)(C)C)C3)CC1. The molecule has 2 N–H and O–H groups in total. The number of hydrogen-bond donors (Lipinski definition) is 1. The van der Waals surface area contributed by atoms with Gasteiger partial charge in [-0.25, -0.2) is 4.79 Å². The normalized spacial score (nSPS) is 19.0. The van der Waals surface area contributed by atoms with Crippen LogP contribution in [0.3, 0.4) is 0 Å². The maximum absolute atomic E-state index is 12.3. The quantitative estimate of drug-likeness (QED) is 0.833. The lowest BCUT2D eigenvalue weighted by molar-refractivity contribution is 0.0242. The molecule has 6 nitrogen and oxygen atoms in total. The largest absolute Gasteiger partial charge is 0.490 e. The Morgan fingerprint density at radius 1 is 1.20 bits per heavy atom. The van der Waals surface area contributed by atoms with E-state index in [4.69, 9.17) is 15.2 Å². The Bertz CT molecular complexity index is 646. The second-order valence-electron chi connectivity index (χ2n) is 8.11. The number of carbonyl (C=O) groups is 1. The summed E-state index contributed by atoms with van der Waals surface area (Å²) in [5.74, 6) is 0.803. The number of fused-ring (bicyclic) bond motifs is 1. The number of benzene rings is 1. The van der Waals surface area contributed by atoms with E-state index in [1.807, 2.05) is 32.9 Å². The van der Waals surface area contributed by atoms with E-state index in [-0.39, 0.29) is 12.2 Å². The zero-order valence-electron chi connectivity index (χ0n) is 15.7. The fraction of sp³-hybridized carbons (Fsp3) is 0.632. The topological polar surface area (TPSA) is 68.0 Å². The number of nitrogen functional groups attached to an aromatic ring is 1. The Hall–Kier alpha value is -1.95. The van der Waals surface area contributed by atoms with Gasteiger partial charge in [-0.2, -0.15) is 0 Å². The minimum absolute atomic E-state index is 0.233. The van der Waals surface area contributed by atoms with Crippen molar-refractivity contribution < 1.29 is 14.3 Å². The zero-order valence-corrected chi connectivity index (χ0v) is 15.7. The second kappa shape index (κ2) is 6.75. The van der Waals surface area contributed by atoms with E-state index in [0.717, 1.165) is 42.8 Å². The first-order valence-electron chi connectivity index (χ1n) is 8.95. The summed E-state index contributed by atoms with van der Waals surface area (Å²) in [6.07, 6.45) is 1.98. The molecule has 0 aliphatic carbocycles. The summed E-state index contributed by atoms with van der Waals surface area (Å²) in [5, 5.41) is 0. The molecule has 1 amide bonds. The van der Waals surface area contributed by atoms with Gasteiger partial charge in [0.25, 0.3) is 0 Å². The lowest BCUT2D eigenvalue weighted by Crippen LogP contribution is -2.35. The van der Waals surface area contributed by atoms with Crippen LogP contribution in [0, 0.1) is 0 Å². The molecule has 0 unspecified atom stereocenters. The maximum Gasteiger partial charge on any atom is 0.410 e. The third-order valence-electron chi connectivity index (χ3n) is 4.68. The average molecular weight is 347 g/mol. The molecule has 138 valence electrons. The molecule has 0 spiro atoms. The molecule has 0 bridgehead atoms. The van der Waals surface area contributed by atoms with Crippen molar-refractivity contribution in [2.75, 3.05) is 25.9 Å². The van der Waals surface area contributed by atoms with Crippen LogP contribution in [-0.4, -0.2) is 47.7 Å². The second-order valence-corrected chi connectivity index (χ2v) is 8.11. The molecule has 0 saturated carbocycles. The molecule has 25 heavy (non-hydrogen) atoms. The highest BCUT2D eigenvalue weighted by atomic mass is 16.6. The highest BCUT2D eigenvalue weighted by molar-refractivity contribution is 5.71. The highest BCUT2D eigenvalue weighted by Crippen LogP contribution is 2.33. The first-order chi connectivity index (χ1) is 11.7. The van der Waals surface area contributed by atoms with Crippen LogP contribution in [0.1, 0.15) is 44.7 Å². The van der Waals surface area contributed by atoms with Crippen LogP contribution < -0.4 is 10.5 Å². The molecule has 3 rings (SSSR count). The van der Waals surface area contributed by atoms with Crippen molar-refractivity contribution in [1.82, 2.24) is 9.80 Å². The monoisotopic (exact) mass is 347 g/mol. The van der Waals surface area contributed by atoms with Gasteiger partial charge < -0.3 is 20.1 Å².